The highest BCUT2D eigenvalue weighted by Gasteiger charge is 2.41. The first kappa shape index (κ1) is 19.3. The van der Waals surface area contributed by atoms with Crippen molar-refractivity contribution < 1.29 is 14.3 Å². The molecule has 1 amide bonds. The van der Waals surface area contributed by atoms with E-state index in [1.165, 1.54) is 5.69 Å². The number of carbonyl (C=O) groups excluding carboxylic acids is 1. The third-order valence-electron chi connectivity index (χ3n) is 6.39. The highest BCUT2D eigenvalue weighted by atomic mass is 16.7. The third kappa shape index (κ3) is 3.65. The van der Waals surface area contributed by atoms with Crippen molar-refractivity contribution in [1.29, 1.82) is 0 Å². The number of likely N-dealkylation sites (N-methyl/N-ethyl adjacent to an activating group) is 1. The molecule has 0 radical (unpaired) electrons. The number of carbonyl (C=O) groups is 1. The number of hydrogen-bond acceptors (Lipinski definition) is 6. The minimum atomic E-state index is -0.0583. The van der Waals surface area contributed by atoms with Crippen molar-refractivity contribution in [2.45, 2.75) is 51.2 Å². The first-order valence-corrected chi connectivity index (χ1v) is 10.5. The van der Waals surface area contributed by atoms with E-state index >= 15 is 0 Å². The number of fused-ring (bicyclic) bond motifs is 1. The Balaban J connectivity index is 1.40. The van der Waals surface area contributed by atoms with E-state index in [9.17, 15) is 4.79 Å². The maximum atomic E-state index is 13.0. The Morgan fingerprint density at radius 2 is 1.89 bits per heavy atom. The van der Waals surface area contributed by atoms with E-state index in [0.29, 0.717) is 12.8 Å². The lowest BCUT2D eigenvalue weighted by atomic mass is 10.0. The lowest BCUT2D eigenvalue weighted by Crippen LogP contribution is -2.52. The Kier molecular flexibility index (Phi) is 5.64. The van der Waals surface area contributed by atoms with Gasteiger partial charge >= 0.3 is 0 Å². The molecule has 1 aromatic rings. The first-order chi connectivity index (χ1) is 13.6. The van der Waals surface area contributed by atoms with Crippen LogP contribution in [0.25, 0.3) is 0 Å². The molecule has 2 atom stereocenters. The molecule has 2 fully saturated rings. The normalized spacial score (nSPS) is 25.3. The van der Waals surface area contributed by atoms with Crippen LogP contribution in [-0.4, -0.2) is 73.3 Å². The van der Waals surface area contributed by atoms with E-state index in [-0.39, 0.29) is 18.0 Å². The largest absolute Gasteiger partial charge is 0.454 e. The van der Waals surface area contributed by atoms with Gasteiger partial charge in [-0.15, -0.1) is 0 Å². The molecule has 0 unspecified atom stereocenters. The van der Waals surface area contributed by atoms with Crippen LogP contribution >= 0.6 is 0 Å². The average molecular weight is 389 g/mol. The van der Waals surface area contributed by atoms with Gasteiger partial charge in [-0.3, -0.25) is 9.69 Å². The topological polar surface area (TPSA) is 71.3 Å². The van der Waals surface area contributed by atoms with Crippen LogP contribution in [0.5, 0.6) is 11.5 Å². The summed E-state index contributed by atoms with van der Waals surface area (Å²) in [7, 11) is 0. The van der Waals surface area contributed by atoms with Crippen LogP contribution in [0.15, 0.2) is 18.2 Å². The van der Waals surface area contributed by atoms with Gasteiger partial charge in [0, 0.05) is 56.6 Å². The summed E-state index contributed by atoms with van der Waals surface area (Å²) in [4.78, 5) is 19.7. The number of nitrogens with zero attached hydrogens (tertiary/aromatic N) is 3. The van der Waals surface area contributed by atoms with E-state index in [2.05, 4.69) is 21.9 Å². The summed E-state index contributed by atoms with van der Waals surface area (Å²) in [6.45, 7) is 8.69. The number of nitrogens with two attached hydrogens (primary N) is 1. The molecule has 0 saturated carbocycles. The lowest BCUT2D eigenvalue weighted by molar-refractivity contribution is -0.136. The van der Waals surface area contributed by atoms with Crippen LogP contribution in [0.1, 0.15) is 33.1 Å². The number of hydrogen-bond donors (Lipinski definition) is 1. The number of benzene rings is 1. The van der Waals surface area contributed by atoms with Crippen LogP contribution in [0, 0.1) is 0 Å². The molecule has 154 valence electrons. The van der Waals surface area contributed by atoms with Gasteiger partial charge in [-0.25, -0.2) is 0 Å². The fourth-order valence-corrected chi connectivity index (χ4v) is 4.82. The third-order valence-corrected chi connectivity index (χ3v) is 6.39. The predicted molar refractivity (Wildman–Crippen MR) is 109 cm³/mol. The summed E-state index contributed by atoms with van der Waals surface area (Å²) in [5, 5.41) is 0. The molecule has 3 aliphatic heterocycles. The molecule has 2 N–H and O–H groups in total. The van der Waals surface area contributed by atoms with Crippen molar-refractivity contribution in [3.8, 4) is 11.5 Å². The molecule has 1 aromatic carbocycles. The monoisotopic (exact) mass is 388 g/mol. The van der Waals surface area contributed by atoms with Crippen molar-refractivity contribution in [2.24, 2.45) is 5.73 Å². The highest BCUT2D eigenvalue weighted by Crippen LogP contribution is 2.36. The van der Waals surface area contributed by atoms with Crippen molar-refractivity contribution in [1.82, 2.24) is 9.80 Å². The quantitative estimate of drug-likeness (QED) is 0.827. The van der Waals surface area contributed by atoms with Gasteiger partial charge in [-0.1, -0.05) is 0 Å². The Morgan fingerprint density at radius 3 is 2.61 bits per heavy atom. The summed E-state index contributed by atoms with van der Waals surface area (Å²) in [5.41, 5.74) is 7.44. The minimum Gasteiger partial charge on any atom is -0.454 e. The summed E-state index contributed by atoms with van der Waals surface area (Å²) >= 11 is 0. The molecule has 0 aromatic heterocycles. The fraction of sp³-hybridized carbons (Fsp3) is 0.667. The summed E-state index contributed by atoms with van der Waals surface area (Å²) in [5.74, 6) is 1.90. The molecule has 3 aliphatic rings. The zero-order valence-corrected chi connectivity index (χ0v) is 17.0. The number of rotatable bonds is 5. The predicted octanol–water partition coefficient (Wildman–Crippen LogP) is 1.65. The average Bonchev–Trinajstić information content (AvgIpc) is 3.34. The molecule has 3 heterocycles. The Labute approximate surface area is 167 Å². The SMILES string of the molecule is CCN(CC)C(=O)[C@@H]1C[C@H](N)CN1C1CCN(c2ccc3c(c2)OCO3)CC1. The second-order valence-corrected chi connectivity index (χ2v) is 7.97. The van der Waals surface area contributed by atoms with Crippen LogP contribution in [0.4, 0.5) is 5.69 Å². The minimum absolute atomic E-state index is 0.0583. The standard InChI is InChI=1S/C21H32N4O3/c1-3-23(4-2)21(26)18-11-15(22)13-25(18)16-7-9-24(10-8-16)17-5-6-19-20(12-17)28-14-27-19/h5-6,12,15-16,18H,3-4,7-11,13-14,22H2,1-2H3/t15-,18-/m0/s1. The second kappa shape index (κ2) is 8.17. The molecule has 7 nitrogen and oxygen atoms in total. The zero-order chi connectivity index (χ0) is 19.7. The smallest absolute Gasteiger partial charge is 0.239 e. The van der Waals surface area contributed by atoms with Gasteiger partial charge in [0.1, 0.15) is 0 Å². The van der Waals surface area contributed by atoms with Crippen LogP contribution < -0.4 is 20.1 Å². The number of ether oxygens (including phenoxy) is 2. The van der Waals surface area contributed by atoms with E-state index in [1.807, 2.05) is 24.8 Å². The van der Waals surface area contributed by atoms with Crippen molar-refractivity contribution in [3.63, 3.8) is 0 Å². The molecular formula is C21H32N4O3. The van der Waals surface area contributed by atoms with Gasteiger partial charge in [-0.05, 0) is 45.2 Å². The number of anilines is 1. The van der Waals surface area contributed by atoms with E-state index < -0.39 is 0 Å². The van der Waals surface area contributed by atoms with Gasteiger partial charge in [0.2, 0.25) is 12.7 Å². The number of piperidine rings is 1. The Morgan fingerprint density at radius 1 is 1.18 bits per heavy atom. The van der Waals surface area contributed by atoms with Crippen LogP contribution in [-0.2, 0) is 4.79 Å². The van der Waals surface area contributed by atoms with E-state index in [4.69, 9.17) is 15.2 Å². The van der Waals surface area contributed by atoms with E-state index in [1.54, 1.807) is 0 Å². The van der Waals surface area contributed by atoms with E-state index in [0.717, 1.165) is 63.5 Å². The lowest BCUT2D eigenvalue weighted by Gasteiger charge is -2.40. The Bertz CT molecular complexity index is 701. The van der Waals surface area contributed by atoms with Crippen LogP contribution in [0.3, 0.4) is 0 Å². The molecule has 0 aliphatic carbocycles. The first-order valence-electron chi connectivity index (χ1n) is 10.5. The second-order valence-electron chi connectivity index (χ2n) is 7.97. The number of likely N-dealkylation sites (tertiary alicyclic amines) is 1. The summed E-state index contributed by atoms with van der Waals surface area (Å²) in [6, 6.07) is 6.62. The molecule has 0 bridgehead atoms. The molecule has 4 rings (SSSR count). The fourth-order valence-electron chi connectivity index (χ4n) is 4.82. The molecule has 7 heteroatoms. The maximum Gasteiger partial charge on any atom is 0.239 e. The van der Waals surface area contributed by atoms with Gasteiger partial charge in [0.25, 0.3) is 0 Å². The molecular weight excluding hydrogens is 356 g/mol. The highest BCUT2D eigenvalue weighted by molar-refractivity contribution is 5.82. The number of amides is 1. The molecule has 2 saturated heterocycles. The zero-order valence-electron chi connectivity index (χ0n) is 17.0. The molecule has 0 spiro atoms. The maximum absolute atomic E-state index is 13.0. The van der Waals surface area contributed by atoms with Crippen molar-refractivity contribution in [3.05, 3.63) is 18.2 Å². The van der Waals surface area contributed by atoms with Gasteiger partial charge in [-0.2, -0.15) is 0 Å². The van der Waals surface area contributed by atoms with Crippen LogP contribution in [0.2, 0.25) is 0 Å². The van der Waals surface area contributed by atoms with Crippen molar-refractivity contribution >= 4 is 11.6 Å². The Hall–Kier alpha value is -1.99. The van der Waals surface area contributed by atoms with Gasteiger partial charge in [0.05, 0.1) is 6.04 Å². The molecule has 28 heavy (non-hydrogen) atoms. The summed E-state index contributed by atoms with van der Waals surface area (Å²) in [6.07, 6.45) is 2.87. The summed E-state index contributed by atoms with van der Waals surface area (Å²) < 4.78 is 10.9. The van der Waals surface area contributed by atoms with Gasteiger partial charge in [0.15, 0.2) is 11.5 Å². The van der Waals surface area contributed by atoms with Gasteiger partial charge < -0.3 is 25.0 Å². The van der Waals surface area contributed by atoms with Crippen molar-refractivity contribution in [2.75, 3.05) is 44.4 Å².